The molecule has 4 nitrogen and oxygen atoms in total. The van der Waals surface area contributed by atoms with E-state index in [0.29, 0.717) is 5.92 Å². The van der Waals surface area contributed by atoms with Crippen LogP contribution in [0, 0.1) is 5.92 Å². The highest BCUT2D eigenvalue weighted by atomic mass is 16.5. The summed E-state index contributed by atoms with van der Waals surface area (Å²) in [5.41, 5.74) is 0.998. The molecule has 1 aromatic heterocycles. The lowest BCUT2D eigenvalue weighted by Crippen LogP contribution is -2.27. The normalized spacial score (nSPS) is 23.9. The minimum Gasteiger partial charge on any atom is -0.495 e. The average Bonchev–Trinajstić information content (AvgIpc) is 2.76. The van der Waals surface area contributed by atoms with Gasteiger partial charge in [-0.1, -0.05) is 6.42 Å². The maximum atomic E-state index is 9.68. The Labute approximate surface area is 102 Å². The summed E-state index contributed by atoms with van der Waals surface area (Å²) in [6.07, 6.45) is 4.83. The van der Waals surface area contributed by atoms with Crippen LogP contribution in [0.4, 0.5) is 0 Å². The van der Waals surface area contributed by atoms with Crippen LogP contribution in [0.1, 0.15) is 25.0 Å². The van der Waals surface area contributed by atoms with E-state index in [2.05, 4.69) is 10.3 Å². The van der Waals surface area contributed by atoms with Crippen LogP contribution < -0.4 is 10.1 Å². The van der Waals surface area contributed by atoms with Crippen molar-refractivity contribution in [3.63, 3.8) is 0 Å². The van der Waals surface area contributed by atoms with Gasteiger partial charge in [0.1, 0.15) is 5.75 Å². The fourth-order valence-corrected chi connectivity index (χ4v) is 2.28. The van der Waals surface area contributed by atoms with E-state index in [-0.39, 0.29) is 6.10 Å². The van der Waals surface area contributed by atoms with Gasteiger partial charge in [-0.2, -0.15) is 0 Å². The summed E-state index contributed by atoms with van der Waals surface area (Å²) in [7, 11) is 1.64. The molecule has 0 aromatic carbocycles. The van der Waals surface area contributed by atoms with Crippen molar-refractivity contribution in [1.82, 2.24) is 10.3 Å². The molecule has 2 N–H and O–H groups in total. The Morgan fingerprint density at radius 3 is 2.94 bits per heavy atom. The number of aliphatic hydroxyl groups is 1. The van der Waals surface area contributed by atoms with Crippen molar-refractivity contribution in [3.05, 3.63) is 24.0 Å². The van der Waals surface area contributed by atoms with E-state index in [0.717, 1.165) is 43.8 Å². The first-order valence-corrected chi connectivity index (χ1v) is 6.17. The Hall–Kier alpha value is -1.13. The van der Waals surface area contributed by atoms with Gasteiger partial charge in [-0.15, -0.1) is 0 Å². The van der Waals surface area contributed by atoms with Crippen molar-refractivity contribution in [2.24, 2.45) is 5.92 Å². The molecule has 0 unspecified atom stereocenters. The van der Waals surface area contributed by atoms with Gasteiger partial charge in [0.2, 0.25) is 0 Å². The van der Waals surface area contributed by atoms with E-state index in [1.165, 1.54) is 0 Å². The predicted octanol–water partition coefficient (Wildman–Crippen LogP) is 1.34. The number of aliphatic hydroxyl groups excluding tert-OH is 1. The lowest BCUT2D eigenvalue weighted by Gasteiger charge is -2.14. The second kappa shape index (κ2) is 5.98. The minimum absolute atomic E-state index is 0.119. The molecule has 1 aliphatic rings. The molecule has 0 radical (unpaired) electrons. The molecule has 1 aromatic rings. The van der Waals surface area contributed by atoms with Gasteiger partial charge in [-0.3, -0.25) is 4.98 Å². The summed E-state index contributed by atoms with van der Waals surface area (Å²) in [6, 6.07) is 3.87. The Bertz CT molecular complexity index is 340. The Morgan fingerprint density at radius 1 is 1.47 bits per heavy atom. The molecular weight excluding hydrogens is 216 g/mol. The number of nitrogens with one attached hydrogen (secondary N) is 1. The zero-order valence-electron chi connectivity index (χ0n) is 10.2. The Kier molecular flexibility index (Phi) is 4.34. The molecule has 0 amide bonds. The topological polar surface area (TPSA) is 54.4 Å². The van der Waals surface area contributed by atoms with Crippen LogP contribution in [-0.2, 0) is 6.54 Å². The third-order valence-electron chi connectivity index (χ3n) is 3.36. The number of aromatic nitrogens is 1. The van der Waals surface area contributed by atoms with Crippen LogP contribution in [-0.4, -0.2) is 29.8 Å². The molecular formula is C13H20N2O2. The molecule has 2 atom stereocenters. The third kappa shape index (κ3) is 3.41. The molecule has 17 heavy (non-hydrogen) atoms. The number of hydrogen-bond acceptors (Lipinski definition) is 4. The van der Waals surface area contributed by atoms with Gasteiger partial charge in [0.15, 0.2) is 0 Å². The molecule has 1 fully saturated rings. The number of hydrogen-bond donors (Lipinski definition) is 2. The maximum Gasteiger partial charge on any atom is 0.137 e. The average molecular weight is 236 g/mol. The Morgan fingerprint density at radius 2 is 2.35 bits per heavy atom. The Balaban J connectivity index is 1.73. The van der Waals surface area contributed by atoms with Gasteiger partial charge >= 0.3 is 0 Å². The van der Waals surface area contributed by atoms with Crippen LogP contribution in [0.2, 0.25) is 0 Å². The van der Waals surface area contributed by atoms with Crippen LogP contribution >= 0.6 is 0 Å². The third-order valence-corrected chi connectivity index (χ3v) is 3.36. The molecule has 0 saturated heterocycles. The summed E-state index contributed by atoms with van der Waals surface area (Å²) in [5.74, 6) is 1.19. The van der Waals surface area contributed by atoms with Gasteiger partial charge in [0.25, 0.3) is 0 Å². The summed E-state index contributed by atoms with van der Waals surface area (Å²) >= 11 is 0. The largest absolute Gasteiger partial charge is 0.495 e. The maximum absolute atomic E-state index is 9.68. The van der Waals surface area contributed by atoms with Gasteiger partial charge in [-0.05, 0) is 30.9 Å². The number of nitrogens with zero attached hydrogens (tertiary/aromatic N) is 1. The number of rotatable bonds is 5. The zero-order valence-corrected chi connectivity index (χ0v) is 10.2. The molecule has 2 rings (SSSR count). The van der Waals surface area contributed by atoms with Gasteiger partial charge in [0.05, 0.1) is 25.1 Å². The number of ether oxygens (including phenoxy) is 1. The van der Waals surface area contributed by atoms with Gasteiger partial charge in [-0.25, -0.2) is 0 Å². The fraction of sp³-hybridized carbons (Fsp3) is 0.615. The van der Waals surface area contributed by atoms with E-state index >= 15 is 0 Å². The fourth-order valence-electron chi connectivity index (χ4n) is 2.28. The molecule has 0 spiro atoms. The van der Waals surface area contributed by atoms with E-state index in [1.54, 1.807) is 13.3 Å². The van der Waals surface area contributed by atoms with Crippen LogP contribution in [0.25, 0.3) is 0 Å². The van der Waals surface area contributed by atoms with Crippen molar-refractivity contribution >= 4 is 0 Å². The second-order valence-corrected chi connectivity index (χ2v) is 4.58. The van der Waals surface area contributed by atoms with Crippen molar-refractivity contribution in [2.75, 3.05) is 13.7 Å². The molecule has 1 heterocycles. The van der Waals surface area contributed by atoms with Crippen LogP contribution in [0.3, 0.4) is 0 Å². The number of pyridine rings is 1. The SMILES string of the molecule is COc1ccc(CNC[C@@H]2CCC[C@H]2O)nc1. The lowest BCUT2D eigenvalue weighted by molar-refractivity contribution is 0.131. The first-order chi connectivity index (χ1) is 8.29. The molecule has 1 saturated carbocycles. The highest BCUT2D eigenvalue weighted by Crippen LogP contribution is 2.24. The zero-order chi connectivity index (χ0) is 12.1. The second-order valence-electron chi connectivity index (χ2n) is 4.58. The first kappa shape index (κ1) is 12.3. The molecule has 0 bridgehead atoms. The molecule has 4 heteroatoms. The summed E-state index contributed by atoms with van der Waals surface area (Å²) in [6.45, 7) is 1.61. The molecule has 94 valence electrons. The van der Waals surface area contributed by atoms with Gasteiger partial charge < -0.3 is 15.2 Å². The van der Waals surface area contributed by atoms with Crippen molar-refractivity contribution in [1.29, 1.82) is 0 Å². The molecule has 0 aliphatic heterocycles. The summed E-state index contributed by atoms with van der Waals surface area (Å²) < 4.78 is 5.05. The highest BCUT2D eigenvalue weighted by molar-refractivity contribution is 5.19. The van der Waals surface area contributed by atoms with Crippen LogP contribution in [0.5, 0.6) is 5.75 Å². The van der Waals surface area contributed by atoms with E-state index in [1.807, 2.05) is 12.1 Å². The molecule has 1 aliphatic carbocycles. The van der Waals surface area contributed by atoms with Crippen molar-refractivity contribution in [3.8, 4) is 5.75 Å². The van der Waals surface area contributed by atoms with Crippen molar-refractivity contribution < 1.29 is 9.84 Å². The van der Waals surface area contributed by atoms with E-state index in [9.17, 15) is 5.11 Å². The van der Waals surface area contributed by atoms with Crippen LogP contribution in [0.15, 0.2) is 18.3 Å². The summed E-state index contributed by atoms with van der Waals surface area (Å²) in [5, 5.41) is 13.0. The highest BCUT2D eigenvalue weighted by Gasteiger charge is 2.24. The standard InChI is InChI=1S/C13H20N2O2/c1-17-12-6-5-11(15-9-12)8-14-7-10-3-2-4-13(10)16/h5-6,9-10,13-14,16H,2-4,7-8H2,1H3/t10-,13+/m0/s1. The smallest absolute Gasteiger partial charge is 0.137 e. The van der Waals surface area contributed by atoms with Crippen molar-refractivity contribution in [2.45, 2.75) is 31.9 Å². The minimum atomic E-state index is -0.119. The number of methoxy groups -OCH3 is 1. The monoisotopic (exact) mass is 236 g/mol. The van der Waals surface area contributed by atoms with Gasteiger partial charge in [0, 0.05) is 13.1 Å². The van der Waals surface area contributed by atoms with E-state index in [4.69, 9.17) is 4.74 Å². The summed E-state index contributed by atoms with van der Waals surface area (Å²) in [4.78, 5) is 4.28. The quantitative estimate of drug-likeness (QED) is 0.810. The predicted molar refractivity (Wildman–Crippen MR) is 65.8 cm³/mol. The first-order valence-electron chi connectivity index (χ1n) is 6.17. The van der Waals surface area contributed by atoms with E-state index < -0.39 is 0 Å². The lowest BCUT2D eigenvalue weighted by atomic mass is 10.1.